The molecule has 0 unspecified atom stereocenters. The second kappa shape index (κ2) is 10.2. The van der Waals surface area contributed by atoms with Crippen LogP contribution in [0.4, 0.5) is 20.3 Å². The number of nitrogens with zero attached hydrogens (tertiary/aromatic N) is 5. The fourth-order valence-corrected chi connectivity index (χ4v) is 4.92. The van der Waals surface area contributed by atoms with Gasteiger partial charge in [0.25, 0.3) is 0 Å². The summed E-state index contributed by atoms with van der Waals surface area (Å²) in [7, 11) is 0. The van der Waals surface area contributed by atoms with E-state index in [-0.39, 0.29) is 17.9 Å². The van der Waals surface area contributed by atoms with Crippen LogP contribution in [-0.4, -0.2) is 31.3 Å². The molecule has 2 aromatic carbocycles. The minimum Gasteiger partial charge on any atom is -0.494 e. The van der Waals surface area contributed by atoms with Gasteiger partial charge in [-0.25, -0.2) is 18.7 Å². The van der Waals surface area contributed by atoms with Crippen LogP contribution in [0.3, 0.4) is 0 Å². The molecule has 5 aromatic rings. The van der Waals surface area contributed by atoms with Gasteiger partial charge in [-0.15, -0.1) is 0 Å². The van der Waals surface area contributed by atoms with Crippen molar-refractivity contribution in [2.24, 2.45) is 0 Å². The predicted octanol–water partition coefficient (Wildman–Crippen LogP) is 6.24. The number of benzene rings is 2. The van der Waals surface area contributed by atoms with Crippen molar-refractivity contribution in [1.29, 1.82) is 0 Å². The highest BCUT2D eigenvalue weighted by molar-refractivity contribution is 5.92. The highest BCUT2D eigenvalue weighted by Gasteiger charge is 2.23. The van der Waals surface area contributed by atoms with Gasteiger partial charge in [0.1, 0.15) is 28.9 Å². The Balaban J connectivity index is 1.44. The third-order valence-electron chi connectivity index (χ3n) is 6.73. The molecule has 0 amide bonds. The maximum Gasteiger partial charge on any atom is 0.182 e. The highest BCUT2D eigenvalue weighted by Crippen LogP contribution is 2.33. The molecule has 0 atom stereocenters. The summed E-state index contributed by atoms with van der Waals surface area (Å²) in [6.07, 6.45) is 7.35. The van der Waals surface area contributed by atoms with E-state index in [1.807, 2.05) is 36.4 Å². The average molecular weight is 513 g/mol. The van der Waals surface area contributed by atoms with Crippen LogP contribution in [0.25, 0.3) is 22.4 Å². The van der Waals surface area contributed by atoms with E-state index in [4.69, 9.17) is 19.8 Å². The summed E-state index contributed by atoms with van der Waals surface area (Å²) in [4.78, 5) is 13.9. The summed E-state index contributed by atoms with van der Waals surface area (Å²) in [6.45, 7) is 2.00. The van der Waals surface area contributed by atoms with E-state index in [0.29, 0.717) is 18.1 Å². The number of halogens is 2. The van der Waals surface area contributed by atoms with Crippen molar-refractivity contribution in [2.45, 2.75) is 39.2 Å². The van der Waals surface area contributed by atoms with Crippen LogP contribution < -0.4 is 10.1 Å². The number of rotatable bonds is 7. The number of hydrogen-bond acceptors (Lipinski definition) is 6. The number of anilines is 2. The number of para-hydroxylation sites is 1. The quantitative estimate of drug-likeness (QED) is 0.278. The van der Waals surface area contributed by atoms with Crippen LogP contribution in [0.5, 0.6) is 5.75 Å². The second-order valence-electron chi connectivity index (χ2n) is 9.21. The molecular weight excluding hydrogens is 486 g/mol. The number of hydrogen-bond donors (Lipinski definition) is 1. The van der Waals surface area contributed by atoms with Crippen molar-refractivity contribution in [2.75, 3.05) is 11.9 Å². The largest absolute Gasteiger partial charge is 0.494 e. The lowest BCUT2D eigenvalue weighted by Gasteiger charge is -2.19. The average Bonchev–Trinajstić information content (AvgIpc) is 3.30. The molecule has 9 heteroatoms. The summed E-state index contributed by atoms with van der Waals surface area (Å²) in [6, 6.07) is 13.8. The Morgan fingerprint density at radius 2 is 1.74 bits per heavy atom. The van der Waals surface area contributed by atoms with E-state index in [2.05, 4.69) is 10.3 Å². The lowest BCUT2D eigenvalue weighted by Crippen LogP contribution is -2.12. The third kappa shape index (κ3) is 4.55. The van der Waals surface area contributed by atoms with E-state index in [1.165, 1.54) is 12.1 Å². The Morgan fingerprint density at radius 1 is 0.974 bits per heavy atom. The molecule has 3 aromatic heterocycles. The van der Waals surface area contributed by atoms with Gasteiger partial charge in [-0.2, -0.15) is 5.10 Å². The molecule has 1 aliphatic carbocycles. The molecule has 0 fully saturated rings. The molecule has 0 aliphatic heterocycles. The standard InChI is InChI=1S/C29H26F2N6O/c1-2-38-19-15-23(30)22(24(31)16-19)17-37-26-10-6-4-8-21(26)27(36-37)29-34-25-9-5-3-7-20(25)28(35-29)33-18-11-13-32-14-12-18/h4,6,8,10-16H,2-3,5,7,9,17H2,1H3,(H,32,33,34,35). The van der Waals surface area contributed by atoms with Gasteiger partial charge in [0.2, 0.25) is 0 Å². The van der Waals surface area contributed by atoms with Crippen LogP contribution in [0, 0.1) is 11.6 Å². The first kappa shape index (κ1) is 24.0. The van der Waals surface area contributed by atoms with Crippen molar-refractivity contribution in [3.8, 4) is 17.3 Å². The molecule has 6 rings (SSSR count). The highest BCUT2D eigenvalue weighted by atomic mass is 19.1. The fraction of sp³-hybridized carbons (Fsp3) is 0.241. The van der Waals surface area contributed by atoms with Crippen molar-refractivity contribution in [3.05, 3.63) is 89.4 Å². The normalized spacial score (nSPS) is 12.9. The van der Waals surface area contributed by atoms with Crippen molar-refractivity contribution >= 4 is 22.4 Å². The number of nitrogens with one attached hydrogen (secondary N) is 1. The molecule has 38 heavy (non-hydrogen) atoms. The van der Waals surface area contributed by atoms with Crippen molar-refractivity contribution in [3.63, 3.8) is 0 Å². The van der Waals surface area contributed by atoms with Crippen LogP contribution >= 0.6 is 0 Å². The second-order valence-corrected chi connectivity index (χ2v) is 9.21. The Morgan fingerprint density at radius 3 is 2.53 bits per heavy atom. The van der Waals surface area contributed by atoms with Crippen LogP contribution in [0.2, 0.25) is 0 Å². The summed E-state index contributed by atoms with van der Waals surface area (Å²) >= 11 is 0. The van der Waals surface area contributed by atoms with Gasteiger partial charge in [-0.05, 0) is 50.8 Å². The van der Waals surface area contributed by atoms with E-state index in [9.17, 15) is 8.78 Å². The van der Waals surface area contributed by atoms with Gasteiger partial charge in [-0.3, -0.25) is 9.67 Å². The lowest BCUT2D eigenvalue weighted by atomic mass is 9.96. The number of aryl methyl sites for hydroxylation is 1. The number of fused-ring (bicyclic) bond motifs is 2. The Labute approximate surface area is 218 Å². The first-order valence-corrected chi connectivity index (χ1v) is 12.7. The summed E-state index contributed by atoms with van der Waals surface area (Å²) in [5.41, 5.74) is 4.21. The zero-order chi connectivity index (χ0) is 26.1. The van der Waals surface area contributed by atoms with E-state index < -0.39 is 11.6 Å². The van der Waals surface area contributed by atoms with Gasteiger partial charge in [0.05, 0.1) is 18.7 Å². The van der Waals surface area contributed by atoms with Gasteiger partial charge in [-0.1, -0.05) is 18.2 Å². The summed E-state index contributed by atoms with van der Waals surface area (Å²) in [5.74, 6) is 0.0313. The maximum atomic E-state index is 14.9. The third-order valence-corrected chi connectivity index (χ3v) is 6.73. The van der Waals surface area contributed by atoms with Crippen molar-refractivity contribution < 1.29 is 13.5 Å². The van der Waals surface area contributed by atoms with E-state index >= 15 is 0 Å². The first-order chi connectivity index (χ1) is 18.6. The molecule has 0 radical (unpaired) electrons. The molecule has 0 saturated heterocycles. The van der Waals surface area contributed by atoms with E-state index in [1.54, 1.807) is 24.0 Å². The predicted molar refractivity (Wildman–Crippen MR) is 142 cm³/mol. The molecule has 1 N–H and O–H groups in total. The van der Waals surface area contributed by atoms with E-state index in [0.717, 1.165) is 59.3 Å². The summed E-state index contributed by atoms with van der Waals surface area (Å²) in [5, 5.41) is 9.02. The smallest absolute Gasteiger partial charge is 0.182 e. The first-order valence-electron chi connectivity index (χ1n) is 12.7. The molecule has 3 heterocycles. The topological polar surface area (TPSA) is 77.8 Å². The molecule has 0 bridgehead atoms. The lowest BCUT2D eigenvalue weighted by molar-refractivity contribution is 0.335. The molecule has 192 valence electrons. The van der Waals surface area contributed by atoms with Crippen LogP contribution in [-0.2, 0) is 19.4 Å². The minimum absolute atomic E-state index is 0.0836. The molecule has 7 nitrogen and oxygen atoms in total. The maximum absolute atomic E-state index is 14.9. The molecular formula is C29H26F2N6O. The molecule has 0 spiro atoms. The zero-order valence-corrected chi connectivity index (χ0v) is 20.9. The Kier molecular flexibility index (Phi) is 6.41. The van der Waals surface area contributed by atoms with Crippen molar-refractivity contribution in [1.82, 2.24) is 24.7 Å². The zero-order valence-electron chi connectivity index (χ0n) is 20.9. The Bertz CT molecular complexity index is 1600. The fourth-order valence-electron chi connectivity index (χ4n) is 4.92. The number of ether oxygens (including phenoxy) is 1. The number of aromatic nitrogens is 5. The minimum atomic E-state index is -0.677. The van der Waals surface area contributed by atoms with Crippen LogP contribution in [0.1, 0.15) is 36.6 Å². The number of pyridine rings is 1. The van der Waals surface area contributed by atoms with Gasteiger partial charge in [0.15, 0.2) is 5.82 Å². The van der Waals surface area contributed by atoms with Crippen LogP contribution in [0.15, 0.2) is 60.9 Å². The van der Waals surface area contributed by atoms with Gasteiger partial charge < -0.3 is 10.1 Å². The van der Waals surface area contributed by atoms with Gasteiger partial charge >= 0.3 is 0 Å². The molecule has 1 aliphatic rings. The monoisotopic (exact) mass is 512 g/mol. The molecule has 0 saturated carbocycles. The Hall–Kier alpha value is -4.40. The summed E-state index contributed by atoms with van der Waals surface area (Å²) < 4.78 is 36.7. The van der Waals surface area contributed by atoms with Gasteiger partial charge in [0, 0.05) is 52.4 Å². The SMILES string of the molecule is CCOc1cc(F)c(Cn2nc(-c3nc4c(c(Nc5ccncc5)n3)CCCC4)c3ccccc32)c(F)c1.